The van der Waals surface area contributed by atoms with Crippen LogP contribution in [0.1, 0.15) is 50.9 Å². The molecule has 12 nitrogen and oxygen atoms in total. The van der Waals surface area contributed by atoms with Crippen molar-refractivity contribution in [3.63, 3.8) is 0 Å². The molecule has 0 radical (unpaired) electrons. The topological polar surface area (TPSA) is 143 Å². The fraction of sp³-hybridized carbons (Fsp3) is 0.265. The number of amides is 1. The lowest BCUT2D eigenvalue weighted by Crippen LogP contribution is -2.51. The summed E-state index contributed by atoms with van der Waals surface area (Å²) in [6.07, 6.45) is 0. The fourth-order valence-electron chi connectivity index (χ4n) is 6.35. The van der Waals surface area contributed by atoms with Crippen LogP contribution in [0.2, 0.25) is 10.0 Å². The summed E-state index contributed by atoms with van der Waals surface area (Å²) in [5.41, 5.74) is 0.0838. The predicted octanol–water partition coefficient (Wildman–Crippen LogP) is 4.59. The summed E-state index contributed by atoms with van der Waals surface area (Å²) in [7, 11) is -6.79. The van der Waals surface area contributed by atoms with E-state index in [1.165, 1.54) is 57.3 Å². The van der Waals surface area contributed by atoms with E-state index in [1.54, 1.807) is 55.5 Å². The highest BCUT2D eigenvalue weighted by molar-refractivity contribution is 7.92. The van der Waals surface area contributed by atoms with E-state index in [0.29, 0.717) is 21.2 Å². The lowest BCUT2D eigenvalue weighted by Gasteiger charge is -2.33. The van der Waals surface area contributed by atoms with Crippen LogP contribution < -0.4 is 9.86 Å². The summed E-state index contributed by atoms with van der Waals surface area (Å²) >= 11 is 12.5. The van der Waals surface area contributed by atoms with Crippen LogP contribution in [-0.2, 0) is 24.8 Å². The van der Waals surface area contributed by atoms with Gasteiger partial charge in [0.15, 0.2) is 0 Å². The van der Waals surface area contributed by atoms with E-state index in [9.17, 15) is 31.2 Å². The smallest absolute Gasteiger partial charge is 0.337 e. The van der Waals surface area contributed by atoms with Gasteiger partial charge in [-0.2, -0.15) is 4.31 Å². The molecular formula is C34H32Cl2N4O8S2. The van der Waals surface area contributed by atoms with E-state index >= 15 is 0 Å². The Balaban J connectivity index is 1.53. The zero-order valence-electron chi connectivity index (χ0n) is 26.9. The number of hydrogen-bond donors (Lipinski definition) is 0. The van der Waals surface area contributed by atoms with Gasteiger partial charge in [-0.05, 0) is 72.6 Å². The number of carbonyl (C=O) groups is 2. The third-order valence-corrected chi connectivity index (χ3v) is 13.1. The first-order valence-corrected chi connectivity index (χ1v) is 19.4. The van der Waals surface area contributed by atoms with Crippen LogP contribution >= 0.6 is 23.2 Å². The quantitative estimate of drug-likeness (QED) is 0.238. The summed E-state index contributed by atoms with van der Waals surface area (Å²) < 4.78 is 62.8. The number of sulfonamides is 2. The monoisotopic (exact) mass is 758 g/mol. The normalized spacial score (nSPS) is 18.2. The largest absolute Gasteiger partial charge is 0.465 e. The van der Waals surface area contributed by atoms with Gasteiger partial charge in [0.25, 0.3) is 21.5 Å². The van der Waals surface area contributed by atoms with E-state index in [4.69, 9.17) is 27.9 Å². The summed E-state index contributed by atoms with van der Waals surface area (Å²) in [5.74, 6) is -1.43. The molecule has 4 aromatic rings. The lowest BCUT2D eigenvalue weighted by atomic mass is 9.94. The van der Waals surface area contributed by atoms with Crippen LogP contribution in [0.3, 0.4) is 0 Å². The van der Waals surface area contributed by atoms with Crippen molar-refractivity contribution >= 4 is 60.9 Å². The Bertz CT molecular complexity index is 2240. The molecule has 50 heavy (non-hydrogen) atoms. The Morgan fingerprint density at radius 2 is 1.38 bits per heavy atom. The standard InChI is InChI=1S/C34H32Cl2N4O8S2/c1-3-49(44,45)38-19-17-37(18-20-38)32(41)28-15-16-29-39(33(28)42)30(22-7-11-25(35)12-8-22)31(23-9-13-26(36)14-10-23)40(29)50(46,47)27-6-4-5-24(21-27)34(43)48-2/h4-16,21,30-31H,3,17-20H2,1-2H3/t30-,31+/m1/s1. The van der Waals surface area contributed by atoms with Crippen LogP contribution in [-0.4, -0.2) is 81.5 Å². The molecule has 0 N–H and O–H groups in total. The average Bonchev–Trinajstić information content (AvgIpc) is 3.48. The van der Waals surface area contributed by atoms with Gasteiger partial charge < -0.3 is 9.64 Å². The first kappa shape index (κ1) is 35.6. The predicted molar refractivity (Wildman–Crippen MR) is 189 cm³/mol. The van der Waals surface area contributed by atoms with Gasteiger partial charge in [-0.1, -0.05) is 53.5 Å². The number of halogens is 2. The molecule has 6 rings (SSSR count). The molecule has 0 bridgehead atoms. The summed E-state index contributed by atoms with van der Waals surface area (Å²) in [5, 5.41) is 0.823. The Hall–Kier alpha value is -4.21. The Kier molecular flexibility index (Phi) is 9.85. The zero-order chi connectivity index (χ0) is 36.0. The molecule has 0 unspecified atom stereocenters. The van der Waals surface area contributed by atoms with Crippen LogP contribution in [0.25, 0.3) is 0 Å². The average molecular weight is 760 g/mol. The van der Waals surface area contributed by atoms with Gasteiger partial charge in [-0.3, -0.25) is 14.2 Å². The lowest BCUT2D eigenvalue weighted by molar-refractivity contribution is 0.0600. The second-order valence-electron chi connectivity index (χ2n) is 11.7. The third kappa shape index (κ3) is 6.42. The number of pyridine rings is 1. The van der Waals surface area contributed by atoms with Gasteiger partial charge in [0.1, 0.15) is 11.4 Å². The molecule has 2 aliphatic heterocycles. The molecule has 1 fully saturated rings. The first-order chi connectivity index (χ1) is 23.8. The molecular weight excluding hydrogens is 727 g/mol. The van der Waals surface area contributed by atoms with Crippen molar-refractivity contribution in [2.45, 2.75) is 23.9 Å². The van der Waals surface area contributed by atoms with E-state index < -0.39 is 49.6 Å². The van der Waals surface area contributed by atoms with Gasteiger partial charge in [0.2, 0.25) is 10.0 Å². The van der Waals surface area contributed by atoms with Gasteiger partial charge >= 0.3 is 5.97 Å². The van der Waals surface area contributed by atoms with E-state index in [0.717, 1.165) is 4.31 Å². The molecule has 0 spiro atoms. The van der Waals surface area contributed by atoms with Gasteiger partial charge in [0, 0.05) is 36.2 Å². The molecule has 2 atom stereocenters. The van der Waals surface area contributed by atoms with Gasteiger partial charge in [-0.25, -0.2) is 25.9 Å². The van der Waals surface area contributed by atoms with Crippen molar-refractivity contribution in [1.29, 1.82) is 0 Å². The Labute approximate surface area is 299 Å². The Morgan fingerprint density at radius 1 is 0.800 bits per heavy atom. The molecule has 3 aromatic carbocycles. The highest BCUT2D eigenvalue weighted by Crippen LogP contribution is 2.49. The number of esters is 1. The molecule has 0 aliphatic carbocycles. The van der Waals surface area contributed by atoms with Crippen molar-refractivity contribution < 1.29 is 31.2 Å². The van der Waals surface area contributed by atoms with Crippen LogP contribution in [0.15, 0.2) is 94.6 Å². The number of aromatic nitrogens is 1. The van der Waals surface area contributed by atoms with Gasteiger partial charge in [0.05, 0.1) is 35.4 Å². The first-order valence-electron chi connectivity index (χ1n) is 15.5. The summed E-state index contributed by atoms with van der Waals surface area (Å²) in [4.78, 5) is 42.0. The molecule has 0 saturated carbocycles. The van der Waals surface area contributed by atoms with E-state index in [-0.39, 0.29) is 53.8 Å². The number of benzene rings is 3. The molecule has 1 aromatic heterocycles. The number of fused-ring (bicyclic) bond motifs is 1. The number of carbonyl (C=O) groups excluding carboxylic acids is 2. The maximum atomic E-state index is 14.7. The molecule has 1 saturated heterocycles. The maximum Gasteiger partial charge on any atom is 0.337 e. The minimum atomic E-state index is -4.52. The second kappa shape index (κ2) is 13.8. The molecule has 2 aliphatic rings. The third-order valence-electron chi connectivity index (χ3n) is 8.90. The maximum absolute atomic E-state index is 14.7. The molecule has 262 valence electrons. The fourth-order valence-corrected chi connectivity index (χ4v) is 9.37. The molecule has 3 heterocycles. The van der Waals surface area contributed by atoms with Crippen molar-refractivity contribution in [3.05, 3.63) is 128 Å². The van der Waals surface area contributed by atoms with Crippen LogP contribution in [0.5, 0.6) is 0 Å². The number of hydrogen-bond acceptors (Lipinski definition) is 8. The minimum Gasteiger partial charge on any atom is -0.465 e. The Morgan fingerprint density at radius 3 is 1.94 bits per heavy atom. The summed E-state index contributed by atoms with van der Waals surface area (Å²) in [6, 6.07) is 19.2. The van der Waals surface area contributed by atoms with Crippen molar-refractivity contribution in [2.75, 3.05) is 43.3 Å². The number of anilines is 1. The van der Waals surface area contributed by atoms with E-state index in [2.05, 4.69) is 0 Å². The van der Waals surface area contributed by atoms with Crippen molar-refractivity contribution in [2.24, 2.45) is 0 Å². The summed E-state index contributed by atoms with van der Waals surface area (Å²) in [6.45, 7) is 1.86. The highest BCUT2D eigenvalue weighted by atomic mass is 35.5. The van der Waals surface area contributed by atoms with Gasteiger partial charge in [-0.15, -0.1) is 0 Å². The number of nitrogens with zero attached hydrogens (tertiary/aromatic N) is 4. The number of rotatable bonds is 8. The number of piperazine rings is 1. The molecule has 16 heteroatoms. The van der Waals surface area contributed by atoms with Crippen LogP contribution in [0.4, 0.5) is 5.82 Å². The second-order valence-corrected chi connectivity index (χ2v) is 16.6. The highest BCUT2D eigenvalue weighted by Gasteiger charge is 2.48. The van der Waals surface area contributed by atoms with E-state index in [1.807, 2.05) is 0 Å². The minimum absolute atomic E-state index is 0.00948. The van der Waals surface area contributed by atoms with Crippen molar-refractivity contribution in [3.8, 4) is 0 Å². The number of methoxy groups -OCH3 is 1. The molecule has 1 amide bonds. The van der Waals surface area contributed by atoms with Crippen molar-refractivity contribution in [1.82, 2.24) is 13.8 Å². The number of ether oxygens (including phenoxy) is 1. The zero-order valence-corrected chi connectivity index (χ0v) is 30.0. The van der Waals surface area contributed by atoms with Crippen LogP contribution in [0, 0.1) is 0 Å². The SMILES string of the molecule is CCS(=O)(=O)N1CCN(C(=O)c2ccc3n(c2=O)[C@H](c2ccc(Cl)cc2)[C@H](c2ccc(Cl)cc2)N3S(=O)(=O)c2cccc(C(=O)OC)c2)CC1.